The monoisotopic (exact) mass is 464 g/mol. The Morgan fingerprint density at radius 3 is 1.71 bits per heavy atom. The van der Waals surface area contributed by atoms with Gasteiger partial charge in [-0.05, 0) is 59.9 Å². The van der Waals surface area contributed by atoms with E-state index in [1.54, 1.807) is 0 Å². The Bertz CT molecular complexity index is 790. The number of phenolic OH excluding ortho intramolecular Hbond substituents is 1. The standard InChI is InChI=1S/C33H52O/c1-5-7-9-11-12-13-14-15-16-21-25-30-29(24-18-10-8-6-2)26-31(34)33(32(30)27(3)4)28-22-19-17-20-23-28/h17,19-20,22-23,26-27,34H,5-16,18,21,24-25H2,1-4H3. The lowest BCUT2D eigenvalue weighted by Gasteiger charge is -2.23. The molecule has 0 aliphatic rings. The van der Waals surface area contributed by atoms with Crippen molar-refractivity contribution in [1.82, 2.24) is 0 Å². The Hall–Kier alpha value is -1.76. The van der Waals surface area contributed by atoms with Crippen LogP contribution in [-0.4, -0.2) is 5.11 Å². The summed E-state index contributed by atoms with van der Waals surface area (Å²) >= 11 is 0. The highest BCUT2D eigenvalue weighted by Crippen LogP contribution is 2.41. The van der Waals surface area contributed by atoms with Crippen molar-refractivity contribution in [3.05, 3.63) is 53.1 Å². The largest absolute Gasteiger partial charge is 0.507 e. The molecular weight excluding hydrogens is 412 g/mol. The van der Waals surface area contributed by atoms with E-state index in [0.29, 0.717) is 11.7 Å². The van der Waals surface area contributed by atoms with Gasteiger partial charge in [0.2, 0.25) is 0 Å². The Labute approximate surface area is 211 Å². The lowest BCUT2D eigenvalue weighted by Crippen LogP contribution is -2.06. The Morgan fingerprint density at radius 2 is 1.15 bits per heavy atom. The van der Waals surface area contributed by atoms with Gasteiger partial charge in [-0.15, -0.1) is 0 Å². The van der Waals surface area contributed by atoms with Gasteiger partial charge in [-0.25, -0.2) is 0 Å². The van der Waals surface area contributed by atoms with Crippen LogP contribution in [-0.2, 0) is 12.8 Å². The molecule has 0 atom stereocenters. The fourth-order valence-corrected chi connectivity index (χ4v) is 5.38. The third kappa shape index (κ3) is 9.47. The van der Waals surface area contributed by atoms with Crippen LogP contribution in [0.15, 0.2) is 36.4 Å². The van der Waals surface area contributed by atoms with Crippen molar-refractivity contribution in [1.29, 1.82) is 0 Å². The maximum Gasteiger partial charge on any atom is 0.123 e. The smallest absolute Gasteiger partial charge is 0.123 e. The maximum absolute atomic E-state index is 11.1. The number of benzene rings is 2. The van der Waals surface area contributed by atoms with Gasteiger partial charge >= 0.3 is 0 Å². The molecule has 34 heavy (non-hydrogen) atoms. The van der Waals surface area contributed by atoms with Crippen LogP contribution < -0.4 is 0 Å². The van der Waals surface area contributed by atoms with E-state index >= 15 is 0 Å². The third-order valence-corrected chi connectivity index (χ3v) is 7.27. The highest BCUT2D eigenvalue weighted by molar-refractivity contribution is 5.76. The summed E-state index contributed by atoms with van der Waals surface area (Å²) in [5, 5.41) is 11.1. The minimum atomic E-state index is 0.398. The molecular formula is C33H52O. The van der Waals surface area contributed by atoms with Gasteiger partial charge in [0.15, 0.2) is 0 Å². The van der Waals surface area contributed by atoms with Gasteiger partial charge in [0, 0.05) is 5.56 Å². The van der Waals surface area contributed by atoms with Crippen molar-refractivity contribution in [2.75, 3.05) is 0 Å². The predicted octanol–water partition coefficient (Wildman–Crippen LogP) is 10.8. The van der Waals surface area contributed by atoms with Gasteiger partial charge < -0.3 is 5.11 Å². The third-order valence-electron chi connectivity index (χ3n) is 7.27. The Kier molecular flexibility index (Phi) is 14.1. The first-order valence-corrected chi connectivity index (χ1v) is 14.5. The second-order valence-corrected chi connectivity index (χ2v) is 10.6. The van der Waals surface area contributed by atoms with Gasteiger partial charge in [0.25, 0.3) is 0 Å². The average Bonchev–Trinajstić information content (AvgIpc) is 2.84. The van der Waals surface area contributed by atoms with Crippen LogP contribution in [0.2, 0.25) is 0 Å². The van der Waals surface area contributed by atoms with E-state index in [-0.39, 0.29) is 0 Å². The lowest BCUT2D eigenvalue weighted by atomic mass is 9.82. The molecule has 0 heterocycles. The molecule has 0 aliphatic carbocycles. The highest BCUT2D eigenvalue weighted by atomic mass is 16.3. The normalized spacial score (nSPS) is 11.4. The van der Waals surface area contributed by atoms with Gasteiger partial charge in [-0.2, -0.15) is 0 Å². The van der Waals surface area contributed by atoms with Crippen LogP contribution in [0.3, 0.4) is 0 Å². The first-order chi connectivity index (χ1) is 16.6. The summed E-state index contributed by atoms with van der Waals surface area (Å²) < 4.78 is 0. The molecule has 1 N–H and O–H groups in total. The Morgan fingerprint density at radius 1 is 0.647 bits per heavy atom. The van der Waals surface area contributed by atoms with Crippen LogP contribution in [0.4, 0.5) is 0 Å². The summed E-state index contributed by atoms with van der Waals surface area (Å²) in [7, 11) is 0. The average molecular weight is 465 g/mol. The molecule has 0 amide bonds. The second kappa shape index (κ2) is 16.8. The van der Waals surface area contributed by atoms with E-state index in [9.17, 15) is 5.11 Å². The van der Waals surface area contributed by atoms with Crippen molar-refractivity contribution in [2.24, 2.45) is 0 Å². The van der Waals surface area contributed by atoms with Crippen LogP contribution in [0, 0.1) is 0 Å². The van der Waals surface area contributed by atoms with E-state index in [2.05, 4.69) is 64.1 Å². The molecule has 2 rings (SSSR count). The molecule has 1 nitrogen and oxygen atoms in total. The number of rotatable bonds is 18. The Balaban J connectivity index is 2.11. The molecule has 2 aromatic carbocycles. The molecule has 190 valence electrons. The summed E-state index contributed by atoms with van der Waals surface area (Å²) in [5.74, 6) is 0.863. The van der Waals surface area contributed by atoms with Gasteiger partial charge in [-0.3, -0.25) is 0 Å². The number of phenols is 1. The van der Waals surface area contributed by atoms with E-state index in [1.165, 1.54) is 107 Å². The van der Waals surface area contributed by atoms with Gasteiger partial charge in [0.05, 0.1) is 0 Å². The minimum absolute atomic E-state index is 0.398. The fourth-order valence-electron chi connectivity index (χ4n) is 5.38. The number of aryl methyl sites for hydroxylation is 1. The molecule has 0 spiro atoms. The van der Waals surface area contributed by atoms with Crippen LogP contribution >= 0.6 is 0 Å². The molecule has 0 unspecified atom stereocenters. The highest BCUT2D eigenvalue weighted by Gasteiger charge is 2.21. The van der Waals surface area contributed by atoms with Crippen LogP contribution in [0.25, 0.3) is 11.1 Å². The molecule has 0 bridgehead atoms. The molecule has 0 saturated heterocycles. The van der Waals surface area contributed by atoms with E-state index in [1.807, 2.05) is 0 Å². The lowest BCUT2D eigenvalue weighted by molar-refractivity contribution is 0.474. The van der Waals surface area contributed by atoms with E-state index < -0.39 is 0 Å². The van der Waals surface area contributed by atoms with Crippen LogP contribution in [0.5, 0.6) is 5.75 Å². The topological polar surface area (TPSA) is 20.2 Å². The number of unbranched alkanes of at least 4 members (excludes halogenated alkanes) is 12. The SMILES string of the molecule is CCCCCCCCCCCCc1c(CCCCCC)cc(O)c(-c2ccccc2)c1C(C)C. The number of aromatic hydroxyl groups is 1. The number of hydrogen-bond acceptors (Lipinski definition) is 1. The van der Waals surface area contributed by atoms with Crippen molar-refractivity contribution in [3.63, 3.8) is 0 Å². The molecule has 0 saturated carbocycles. The predicted molar refractivity (Wildman–Crippen MR) is 151 cm³/mol. The summed E-state index contributed by atoms with van der Waals surface area (Å²) in [6.07, 6.45) is 21.0. The fraction of sp³-hybridized carbons (Fsp3) is 0.636. The summed E-state index contributed by atoms with van der Waals surface area (Å²) in [6.45, 7) is 9.15. The van der Waals surface area contributed by atoms with Crippen molar-refractivity contribution < 1.29 is 5.11 Å². The van der Waals surface area contributed by atoms with Gasteiger partial charge in [0.1, 0.15) is 5.75 Å². The van der Waals surface area contributed by atoms with E-state index in [4.69, 9.17) is 0 Å². The number of hydrogen-bond donors (Lipinski definition) is 1. The molecule has 2 aromatic rings. The zero-order valence-electron chi connectivity index (χ0n) is 22.8. The van der Waals surface area contributed by atoms with Crippen molar-refractivity contribution >= 4 is 0 Å². The first kappa shape index (κ1) is 28.5. The molecule has 1 heteroatoms. The molecule has 0 radical (unpaired) electrons. The van der Waals surface area contributed by atoms with Crippen molar-refractivity contribution in [2.45, 2.75) is 136 Å². The first-order valence-electron chi connectivity index (χ1n) is 14.5. The quantitative estimate of drug-likeness (QED) is 0.217. The summed E-state index contributed by atoms with van der Waals surface area (Å²) in [4.78, 5) is 0. The molecule has 0 aromatic heterocycles. The van der Waals surface area contributed by atoms with Crippen molar-refractivity contribution in [3.8, 4) is 16.9 Å². The second-order valence-electron chi connectivity index (χ2n) is 10.6. The summed E-state index contributed by atoms with van der Waals surface area (Å²) in [6, 6.07) is 12.6. The molecule has 0 aliphatic heterocycles. The zero-order chi connectivity index (χ0) is 24.6. The minimum Gasteiger partial charge on any atom is -0.507 e. The summed E-state index contributed by atoms with van der Waals surface area (Å²) in [5.41, 5.74) is 6.52. The zero-order valence-corrected chi connectivity index (χ0v) is 22.8. The van der Waals surface area contributed by atoms with E-state index in [0.717, 1.165) is 24.0 Å². The van der Waals surface area contributed by atoms with Gasteiger partial charge in [-0.1, -0.05) is 135 Å². The maximum atomic E-state index is 11.1. The van der Waals surface area contributed by atoms with Crippen LogP contribution in [0.1, 0.15) is 140 Å². The molecule has 0 fully saturated rings.